The van der Waals surface area contributed by atoms with Crippen LogP contribution in [0.5, 0.6) is 5.75 Å². The van der Waals surface area contributed by atoms with Crippen molar-refractivity contribution in [2.24, 2.45) is 5.92 Å². The van der Waals surface area contributed by atoms with Gasteiger partial charge in [-0.1, -0.05) is 67.6 Å². The van der Waals surface area contributed by atoms with Crippen molar-refractivity contribution in [1.82, 2.24) is 4.90 Å². The van der Waals surface area contributed by atoms with Gasteiger partial charge in [-0.3, -0.25) is 19.3 Å². The molecule has 2 N–H and O–H groups in total. The van der Waals surface area contributed by atoms with E-state index in [2.05, 4.69) is 6.07 Å². The highest BCUT2D eigenvalue weighted by atomic mass is 28.4. The van der Waals surface area contributed by atoms with Crippen molar-refractivity contribution in [1.29, 1.82) is 0 Å². The number of carbonyl (C=O) groups excluding carboxylic acids is 3. The van der Waals surface area contributed by atoms with Gasteiger partial charge in [-0.05, 0) is 72.6 Å². The fraction of sp³-hybridized carbons (Fsp3) is 0.357. The number of rotatable bonds is 11. The predicted molar refractivity (Wildman–Crippen MR) is 205 cm³/mol. The van der Waals surface area contributed by atoms with E-state index in [1.807, 2.05) is 111 Å². The maximum absolute atomic E-state index is 15.0. The number of para-hydroxylation sites is 1. The van der Waals surface area contributed by atoms with Crippen LogP contribution in [0.2, 0.25) is 18.6 Å². The molecule has 0 aliphatic carbocycles. The van der Waals surface area contributed by atoms with Crippen LogP contribution >= 0.6 is 0 Å². The summed E-state index contributed by atoms with van der Waals surface area (Å²) in [5, 5.41) is 9.85. The summed E-state index contributed by atoms with van der Waals surface area (Å²) in [6.45, 7) is 6.13. The first-order valence-electron chi connectivity index (χ1n) is 18.3. The van der Waals surface area contributed by atoms with Crippen LogP contribution in [-0.2, 0) is 44.2 Å². The van der Waals surface area contributed by atoms with E-state index in [4.69, 9.17) is 9.47 Å². The molecular weight excluding hydrogens is 687 g/mol. The molecule has 4 aromatic carbocycles. The molecule has 0 unspecified atom stereocenters. The van der Waals surface area contributed by atoms with Gasteiger partial charge in [-0.2, -0.15) is 0 Å². The molecule has 4 aromatic rings. The lowest BCUT2D eigenvalue weighted by Crippen LogP contribution is -2.46. The molecule has 3 aliphatic heterocycles. The van der Waals surface area contributed by atoms with Crippen LogP contribution in [-0.4, -0.2) is 67.2 Å². The summed E-state index contributed by atoms with van der Waals surface area (Å²) in [6.07, 6.45) is 0.364. The Morgan fingerprint density at radius 2 is 1.66 bits per heavy atom. The summed E-state index contributed by atoms with van der Waals surface area (Å²) in [6, 6.07) is 30.8. The van der Waals surface area contributed by atoms with Crippen LogP contribution in [0.4, 0.5) is 17.1 Å². The Kier molecular flexibility index (Phi) is 10.0. The summed E-state index contributed by atoms with van der Waals surface area (Å²) in [5.74, 6) is -0.335. The maximum atomic E-state index is 15.0. The predicted octanol–water partition coefficient (Wildman–Crippen LogP) is 6.06. The number of nitrogens with zero attached hydrogens (tertiary/aromatic N) is 3. The van der Waals surface area contributed by atoms with Crippen molar-refractivity contribution in [2.45, 2.75) is 69.6 Å². The number of aryl methyl sites for hydroxylation is 1. The zero-order valence-corrected chi connectivity index (χ0v) is 31.7. The van der Waals surface area contributed by atoms with Gasteiger partial charge < -0.3 is 29.2 Å². The minimum absolute atomic E-state index is 0.0425. The standard InChI is InChI=1S/C42H47N3O7Si/c1-28-40(53(3,4)50)37(25-39(48)43(22-23-46)26-29-10-6-5-7-11-29)52-42(28)34-24-33(51-2)19-20-36(34)44(41(42)49)27-30-14-17-32(18-15-30)45-35-13-9-8-12-31(35)16-21-38(45)47/h5-15,17-20,24,28,37,40,46,50H,16,21-23,25-27H2,1-4H3/t28-,37+,40-,42+/m0/s1. The Labute approximate surface area is 311 Å². The third-order valence-corrected chi connectivity index (χ3v) is 13.6. The van der Waals surface area contributed by atoms with Gasteiger partial charge in [0, 0.05) is 42.2 Å². The minimum atomic E-state index is -3.04. The van der Waals surface area contributed by atoms with Gasteiger partial charge in [0.05, 0.1) is 44.2 Å². The molecule has 11 heteroatoms. The van der Waals surface area contributed by atoms with E-state index >= 15 is 0 Å². The number of hydrogen-bond donors (Lipinski definition) is 2. The van der Waals surface area contributed by atoms with E-state index < -0.39 is 31.5 Å². The highest BCUT2D eigenvalue weighted by molar-refractivity contribution is 6.71. The Morgan fingerprint density at radius 3 is 2.36 bits per heavy atom. The number of hydrogen-bond acceptors (Lipinski definition) is 7. The number of anilines is 3. The van der Waals surface area contributed by atoms with Crippen molar-refractivity contribution >= 4 is 43.1 Å². The maximum Gasteiger partial charge on any atom is 0.264 e. The van der Waals surface area contributed by atoms with Crippen LogP contribution in [0.1, 0.15) is 42.0 Å². The van der Waals surface area contributed by atoms with Gasteiger partial charge in [-0.25, -0.2) is 0 Å². The zero-order valence-electron chi connectivity index (χ0n) is 30.7. The molecule has 1 saturated heterocycles. The lowest BCUT2D eigenvalue weighted by Gasteiger charge is -2.32. The molecule has 53 heavy (non-hydrogen) atoms. The highest BCUT2D eigenvalue weighted by Gasteiger charge is 2.66. The first-order valence-corrected chi connectivity index (χ1v) is 21.3. The van der Waals surface area contributed by atoms with Crippen molar-refractivity contribution < 1.29 is 33.8 Å². The van der Waals surface area contributed by atoms with E-state index in [1.165, 1.54) is 0 Å². The normalized spacial score (nSPS) is 22.3. The van der Waals surface area contributed by atoms with Gasteiger partial charge in [-0.15, -0.1) is 0 Å². The Morgan fingerprint density at radius 1 is 0.943 bits per heavy atom. The second-order valence-corrected chi connectivity index (χ2v) is 18.9. The molecule has 4 atom stereocenters. The molecule has 0 radical (unpaired) electrons. The molecule has 0 aromatic heterocycles. The summed E-state index contributed by atoms with van der Waals surface area (Å²) in [5.41, 5.74) is 4.00. The Bertz CT molecular complexity index is 2000. The van der Waals surface area contributed by atoms with Crippen LogP contribution in [0, 0.1) is 5.92 Å². The summed E-state index contributed by atoms with van der Waals surface area (Å²) in [7, 11) is -1.47. The van der Waals surface area contributed by atoms with Crippen LogP contribution in [0.15, 0.2) is 97.1 Å². The monoisotopic (exact) mass is 733 g/mol. The van der Waals surface area contributed by atoms with Crippen LogP contribution < -0.4 is 14.5 Å². The fourth-order valence-electron chi connectivity index (χ4n) is 8.70. The number of amides is 3. The Balaban J connectivity index is 1.20. The molecule has 10 nitrogen and oxygen atoms in total. The molecule has 3 aliphatic rings. The molecule has 1 fully saturated rings. The van der Waals surface area contributed by atoms with Gasteiger partial charge in [0.15, 0.2) is 13.9 Å². The van der Waals surface area contributed by atoms with Gasteiger partial charge in [0.25, 0.3) is 5.91 Å². The second-order valence-electron chi connectivity index (χ2n) is 14.9. The first-order chi connectivity index (χ1) is 25.5. The third-order valence-electron chi connectivity index (χ3n) is 11.1. The van der Waals surface area contributed by atoms with Gasteiger partial charge >= 0.3 is 0 Å². The van der Waals surface area contributed by atoms with Crippen molar-refractivity contribution in [3.05, 3.63) is 119 Å². The molecule has 0 saturated carbocycles. The lowest BCUT2D eigenvalue weighted by molar-refractivity contribution is -0.150. The van der Waals surface area contributed by atoms with E-state index in [1.54, 1.807) is 21.8 Å². The van der Waals surface area contributed by atoms with Gasteiger partial charge in [0.1, 0.15) is 5.75 Å². The Hall–Kier alpha value is -4.81. The topological polar surface area (TPSA) is 120 Å². The van der Waals surface area contributed by atoms with Crippen LogP contribution in [0.25, 0.3) is 0 Å². The summed E-state index contributed by atoms with van der Waals surface area (Å²) < 4.78 is 12.6. The largest absolute Gasteiger partial charge is 0.497 e. The molecule has 1 spiro atoms. The van der Waals surface area contributed by atoms with E-state index in [-0.39, 0.29) is 43.8 Å². The van der Waals surface area contributed by atoms with E-state index in [9.17, 15) is 24.3 Å². The number of methoxy groups -OCH3 is 1. The molecule has 3 heterocycles. The average Bonchev–Trinajstić information content (AvgIpc) is 3.57. The van der Waals surface area contributed by atoms with Crippen LogP contribution in [0.3, 0.4) is 0 Å². The quantitative estimate of drug-likeness (QED) is 0.180. The number of fused-ring (bicyclic) bond motifs is 3. The number of aliphatic hydroxyl groups excluding tert-OH is 1. The lowest BCUT2D eigenvalue weighted by atomic mass is 9.82. The number of ether oxygens (including phenoxy) is 2. The van der Waals surface area contributed by atoms with E-state index in [0.717, 1.165) is 28.1 Å². The summed E-state index contributed by atoms with van der Waals surface area (Å²) in [4.78, 5) is 58.9. The minimum Gasteiger partial charge on any atom is -0.497 e. The zero-order chi connectivity index (χ0) is 37.5. The molecule has 276 valence electrons. The summed E-state index contributed by atoms with van der Waals surface area (Å²) >= 11 is 0. The fourth-order valence-corrected chi connectivity index (χ4v) is 11.3. The number of aliphatic hydroxyl groups is 1. The van der Waals surface area contributed by atoms with Crippen molar-refractivity contribution in [2.75, 3.05) is 30.1 Å². The van der Waals surface area contributed by atoms with Crippen molar-refractivity contribution in [3.63, 3.8) is 0 Å². The first kappa shape index (κ1) is 36.5. The smallest absolute Gasteiger partial charge is 0.264 e. The third kappa shape index (κ3) is 6.67. The second kappa shape index (κ2) is 14.5. The van der Waals surface area contributed by atoms with Gasteiger partial charge in [0.2, 0.25) is 11.8 Å². The number of benzene rings is 4. The molecule has 3 amide bonds. The molecule has 7 rings (SSSR count). The molecule has 0 bridgehead atoms. The van der Waals surface area contributed by atoms with Crippen molar-refractivity contribution in [3.8, 4) is 5.75 Å². The average molecular weight is 734 g/mol. The molecular formula is C42H47N3O7Si. The SMILES string of the molecule is COc1ccc2c(c1)[C@@]1(O[C@H](CC(=O)N(CCO)Cc3ccccc3)[C@@H]([Si](C)(C)O)[C@@H]1C)C(=O)N2Cc1ccc(N2C(=O)CCc3ccccc32)cc1. The highest BCUT2D eigenvalue weighted by Crippen LogP contribution is 2.60. The number of carbonyl (C=O) groups is 3. The van der Waals surface area contributed by atoms with E-state index in [0.29, 0.717) is 36.4 Å².